The van der Waals surface area contributed by atoms with Gasteiger partial charge in [0.15, 0.2) is 0 Å². The molecule has 0 aromatic heterocycles. The van der Waals surface area contributed by atoms with Crippen LogP contribution in [-0.4, -0.2) is 51.3 Å². The second kappa shape index (κ2) is 6.05. The Balaban J connectivity index is 2.10. The van der Waals surface area contributed by atoms with E-state index in [1.165, 1.54) is 0 Å². The maximum Gasteiger partial charge on any atom is 0.234 e. The molecular weight excluding hydrogens is 194 g/mol. The molecule has 1 amide bonds. The molecule has 1 fully saturated rings. The summed E-state index contributed by atoms with van der Waals surface area (Å²) in [5.74, 6) is 0.0279. The van der Waals surface area contributed by atoms with Crippen LogP contribution in [0.3, 0.4) is 0 Å². The van der Waals surface area contributed by atoms with Gasteiger partial charge in [0, 0.05) is 25.7 Å². The lowest BCUT2D eigenvalue weighted by atomic mass is 10.0. The fourth-order valence-electron chi connectivity index (χ4n) is 1.62. The number of carbonyl (C=O) groups excluding carboxylic acids is 1. The molecule has 0 spiro atoms. The van der Waals surface area contributed by atoms with Crippen LogP contribution in [0.5, 0.6) is 0 Å². The largest absolute Gasteiger partial charge is 0.383 e. The number of hydrogen-bond acceptors (Lipinski definition) is 4. The molecule has 0 aromatic rings. The molecule has 1 aliphatic heterocycles. The van der Waals surface area contributed by atoms with E-state index in [2.05, 4.69) is 22.9 Å². The Kier molecular flexibility index (Phi) is 5.01. The highest BCUT2D eigenvalue weighted by atomic mass is 16.5. The van der Waals surface area contributed by atoms with Gasteiger partial charge >= 0.3 is 0 Å². The Bertz CT molecular complexity index is 203. The fraction of sp³-hybridized carbons (Fsp3) is 0.900. The second-order valence-corrected chi connectivity index (χ2v) is 4.18. The van der Waals surface area contributed by atoms with Gasteiger partial charge in [-0.25, -0.2) is 0 Å². The highest BCUT2D eigenvalue weighted by Gasteiger charge is 2.27. The summed E-state index contributed by atoms with van der Waals surface area (Å²) in [7, 11) is 1.62. The van der Waals surface area contributed by atoms with Gasteiger partial charge in [-0.3, -0.25) is 4.79 Å². The van der Waals surface area contributed by atoms with E-state index in [0.29, 0.717) is 19.7 Å². The topological polar surface area (TPSA) is 62.4 Å². The Labute approximate surface area is 90.9 Å². The van der Waals surface area contributed by atoms with Gasteiger partial charge < -0.3 is 20.7 Å². The monoisotopic (exact) mass is 215 g/mol. The molecule has 1 unspecified atom stereocenters. The van der Waals surface area contributed by atoms with E-state index in [4.69, 9.17) is 4.74 Å². The number of rotatable bonds is 6. The Hall–Kier alpha value is -0.650. The van der Waals surface area contributed by atoms with E-state index in [0.717, 1.165) is 19.5 Å². The predicted octanol–water partition coefficient (Wildman–Crippen LogP) is -0.909. The third-order valence-electron chi connectivity index (χ3n) is 2.67. The zero-order chi connectivity index (χ0) is 11.1. The van der Waals surface area contributed by atoms with Crippen LogP contribution in [-0.2, 0) is 9.53 Å². The zero-order valence-electron chi connectivity index (χ0n) is 9.56. The van der Waals surface area contributed by atoms with Gasteiger partial charge in [0.05, 0.1) is 13.2 Å². The number of ether oxygens (including phenoxy) is 1. The summed E-state index contributed by atoms with van der Waals surface area (Å²) in [5, 5.41) is 9.32. The molecule has 1 saturated heterocycles. The standard InChI is InChI=1S/C10H21N3O2/c1-10(3-4-11-8-10)13-7-9(14)12-5-6-15-2/h11,13H,3-8H2,1-2H3,(H,12,14). The number of hydrogen-bond donors (Lipinski definition) is 3. The summed E-state index contributed by atoms with van der Waals surface area (Å²) in [6.45, 7) is 5.60. The molecule has 5 heteroatoms. The molecule has 0 aromatic carbocycles. The maximum absolute atomic E-state index is 11.4. The molecule has 5 nitrogen and oxygen atoms in total. The molecule has 1 rings (SSSR count). The average Bonchev–Trinajstić information content (AvgIpc) is 2.64. The summed E-state index contributed by atoms with van der Waals surface area (Å²) in [6.07, 6.45) is 1.07. The van der Waals surface area contributed by atoms with E-state index < -0.39 is 0 Å². The number of nitrogens with one attached hydrogen (secondary N) is 3. The van der Waals surface area contributed by atoms with Crippen molar-refractivity contribution < 1.29 is 9.53 Å². The van der Waals surface area contributed by atoms with Gasteiger partial charge in [-0.1, -0.05) is 0 Å². The van der Waals surface area contributed by atoms with E-state index in [-0.39, 0.29) is 11.4 Å². The molecule has 88 valence electrons. The second-order valence-electron chi connectivity index (χ2n) is 4.18. The first-order valence-electron chi connectivity index (χ1n) is 5.38. The minimum Gasteiger partial charge on any atom is -0.383 e. The van der Waals surface area contributed by atoms with E-state index in [1.807, 2.05) is 0 Å². The quantitative estimate of drug-likeness (QED) is 0.502. The van der Waals surface area contributed by atoms with Crippen LogP contribution >= 0.6 is 0 Å². The van der Waals surface area contributed by atoms with Crippen molar-refractivity contribution in [2.75, 3.05) is 39.9 Å². The Morgan fingerprint density at radius 1 is 1.60 bits per heavy atom. The number of methoxy groups -OCH3 is 1. The van der Waals surface area contributed by atoms with Crippen LogP contribution in [0.2, 0.25) is 0 Å². The molecule has 1 heterocycles. The average molecular weight is 215 g/mol. The van der Waals surface area contributed by atoms with Crippen molar-refractivity contribution in [1.29, 1.82) is 0 Å². The fourth-order valence-corrected chi connectivity index (χ4v) is 1.62. The summed E-state index contributed by atoms with van der Waals surface area (Å²) in [5.41, 5.74) is 0.0681. The Morgan fingerprint density at radius 2 is 2.40 bits per heavy atom. The van der Waals surface area contributed by atoms with Crippen LogP contribution in [0.4, 0.5) is 0 Å². The minimum absolute atomic E-state index is 0.0279. The molecular formula is C10H21N3O2. The van der Waals surface area contributed by atoms with Crippen molar-refractivity contribution in [3.05, 3.63) is 0 Å². The van der Waals surface area contributed by atoms with Crippen molar-refractivity contribution in [2.24, 2.45) is 0 Å². The van der Waals surface area contributed by atoms with Crippen molar-refractivity contribution in [2.45, 2.75) is 18.9 Å². The third-order valence-corrected chi connectivity index (χ3v) is 2.67. The van der Waals surface area contributed by atoms with E-state index in [9.17, 15) is 4.79 Å². The highest BCUT2D eigenvalue weighted by Crippen LogP contribution is 2.12. The van der Waals surface area contributed by atoms with Crippen molar-refractivity contribution in [3.63, 3.8) is 0 Å². The predicted molar refractivity (Wildman–Crippen MR) is 58.8 cm³/mol. The highest BCUT2D eigenvalue weighted by molar-refractivity contribution is 5.78. The van der Waals surface area contributed by atoms with Crippen molar-refractivity contribution in [1.82, 2.24) is 16.0 Å². The third kappa shape index (κ3) is 4.59. The van der Waals surface area contributed by atoms with Crippen LogP contribution in [0.15, 0.2) is 0 Å². The van der Waals surface area contributed by atoms with Gasteiger partial charge in [-0.15, -0.1) is 0 Å². The number of amides is 1. The molecule has 15 heavy (non-hydrogen) atoms. The molecule has 1 atom stereocenters. The molecule has 0 bridgehead atoms. The van der Waals surface area contributed by atoms with Crippen LogP contribution < -0.4 is 16.0 Å². The van der Waals surface area contributed by atoms with E-state index >= 15 is 0 Å². The van der Waals surface area contributed by atoms with Crippen LogP contribution in [0.25, 0.3) is 0 Å². The van der Waals surface area contributed by atoms with Crippen LogP contribution in [0, 0.1) is 0 Å². The molecule has 0 aliphatic carbocycles. The molecule has 1 aliphatic rings. The maximum atomic E-state index is 11.4. The van der Waals surface area contributed by atoms with Gasteiger partial charge in [0.25, 0.3) is 0 Å². The molecule has 3 N–H and O–H groups in total. The zero-order valence-corrected chi connectivity index (χ0v) is 9.56. The normalized spacial score (nSPS) is 25.5. The number of carbonyl (C=O) groups is 1. The first-order chi connectivity index (χ1) is 7.16. The lowest BCUT2D eigenvalue weighted by Gasteiger charge is -2.24. The minimum atomic E-state index is 0.0279. The summed E-state index contributed by atoms with van der Waals surface area (Å²) < 4.78 is 4.84. The lowest BCUT2D eigenvalue weighted by Crippen LogP contribution is -2.48. The van der Waals surface area contributed by atoms with Crippen molar-refractivity contribution in [3.8, 4) is 0 Å². The lowest BCUT2D eigenvalue weighted by molar-refractivity contribution is -0.120. The summed E-state index contributed by atoms with van der Waals surface area (Å²) in [4.78, 5) is 11.4. The van der Waals surface area contributed by atoms with Gasteiger partial charge in [-0.05, 0) is 19.9 Å². The van der Waals surface area contributed by atoms with Gasteiger partial charge in [0.2, 0.25) is 5.91 Å². The van der Waals surface area contributed by atoms with Gasteiger partial charge in [-0.2, -0.15) is 0 Å². The molecule has 0 saturated carbocycles. The summed E-state index contributed by atoms with van der Waals surface area (Å²) in [6, 6.07) is 0. The molecule has 0 radical (unpaired) electrons. The van der Waals surface area contributed by atoms with E-state index in [1.54, 1.807) is 7.11 Å². The first kappa shape index (κ1) is 12.4. The smallest absolute Gasteiger partial charge is 0.234 e. The summed E-state index contributed by atoms with van der Waals surface area (Å²) >= 11 is 0. The first-order valence-corrected chi connectivity index (χ1v) is 5.38. The van der Waals surface area contributed by atoms with Crippen LogP contribution in [0.1, 0.15) is 13.3 Å². The van der Waals surface area contributed by atoms with Crippen molar-refractivity contribution >= 4 is 5.91 Å². The van der Waals surface area contributed by atoms with Gasteiger partial charge in [0.1, 0.15) is 0 Å². The SMILES string of the molecule is COCCNC(=O)CNC1(C)CCNC1. The Morgan fingerprint density at radius 3 is 3.00 bits per heavy atom.